The monoisotopic (exact) mass is 438 g/mol. The molecular weight excluding hydrogens is 408 g/mol. The standard InChI is InChI=1S/C29H30N2O2/c1-2-3-9-17-30-28(32)19-24-20-31-27-16-8-7-15-26(27)29(24)23-13-10-14-25(18-23)33-21-22-11-5-4-6-12-22/h4-8,10-16,18,20H,2-3,9,17,19,21H2,1H3,(H,30,32). The van der Waals surface area contributed by atoms with Crippen LogP contribution >= 0.6 is 0 Å². The lowest BCUT2D eigenvalue weighted by Gasteiger charge is -2.15. The van der Waals surface area contributed by atoms with Gasteiger partial charge in [-0.25, -0.2) is 0 Å². The fraction of sp³-hybridized carbons (Fsp3) is 0.241. The summed E-state index contributed by atoms with van der Waals surface area (Å²) in [5, 5.41) is 4.09. The Morgan fingerprint density at radius 1 is 0.939 bits per heavy atom. The summed E-state index contributed by atoms with van der Waals surface area (Å²) < 4.78 is 6.07. The molecule has 0 aliphatic heterocycles. The molecule has 0 saturated heterocycles. The van der Waals surface area contributed by atoms with Crippen molar-refractivity contribution >= 4 is 16.8 Å². The molecular formula is C29H30N2O2. The van der Waals surface area contributed by atoms with Gasteiger partial charge in [0.1, 0.15) is 12.4 Å². The third-order valence-corrected chi connectivity index (χ3v) is 5.68. The van der Waals surface area contributed by atoms with E-state index in [2.05, 4.69) is 41.5 Å². The molecule has 0 saturated carbocycles. The summed E-state index contributed by atoms with van der Waals surface area (Å²) >= 11 is 0. The number of fused-ring (bicyclic) bond motifs is 1. The highest BCUT2D eigenvalue weighted by Gasteiger charge is 2.15. The van der Waals surface area contributed by atoms with Gasteiger partial charge in [0.25, 0.3) is 0 Å². The fourth-order valence-corrected chi connectivity index (χ4v) is 3.98. The molecule has 0 atom stereocenters. The molecule has 168 valence electrons. The molecule has 0 bridgehead atoms. The molecule has 4 nitrogen and oxygen atoms in total. The molecule has 0 aliphatic rings. The quantitative estimate of drug-likeness (QED) is 0.294. The molecule has 4 aromatic rings. The molecule has 0 spiro atoms. The smallest absolute Gasteiger partial charge is 0.224 e. The summed E-state index contributed by atoms with van der Waals surface area (Å²) in [6.45, 7) is 3.38. The maximum Gasteiger partial charge on any atom is 0.224 e. The van der Waals surface area contributed by atoms with Crippen molar-refractivity contribution in [1.82, 2.24) is 10.3 Å². The van der Waals surface area contributed by atoms with Crippen molar-refractivity contribution in [2.75, 3.05) is 6.54 Å². The van der Waals surface area contributed by atoms with Crippen LogP contribution < -0.4 is 10.1 Å². The van der Waals surface area contributed by atoms with Crippen LogP contribution in [0.4, 0.5) is 0 Å². The van der Waals surface area contributed by atoms with E-state index in [4.69, 9.17) is 4.74 Å². The lowest BCUT2D eigenvalue weighted by atomic mass is 9.94. The third-order valence-electron chi connectivity index (χ3n) is 5.68. The van der Waals surface area contributed by atoms with Gasteiger partial charge in [0, 0.05) is 18.1 Å². The predicted octanol–water partition coefficient (Wildman–Crippen LogP) is 6.33. The van der Waals surface area contributed by atoms with Crippen LogP contribution in [0.1, 0.15) is 37.3 Å². The van der Waals surface area contributed by atoms with Crippen molar-refractivity contribution < 1.29 is 9.53 Å². The lowest BCUT2D eigenvalue weighted by molar-refractivity contribution is -0.120. The van der Waals surface area contributed by atoms with Crippen molar-refractivity contribution in [2.45, 2.75) is 39.2 Å². The van der Waals surface area contributed by atoms with E-state index in [9.17, 15) is 4.79 Å². The van der Waals surface area contributed by atoms with E-state index in [0.717, 1.165) is 58.2 Å². The summed E-state index contributed by atoms with van der Waals surface area (Å²) in [5.41, 5.74) is 5.01. The van der Waals surface area contributed by atoms with Gasteiger partial charge in [0.15, 0.2) is 0 Å². The Balaban J connectivity index is 1.61. The number of aromatic nitrogens is 1. The van der Waals surface area contributed by atoms with Gasteiger partial charge < -0.3 is 10.1 Å². The van der Waals surface area contributed by atoms with Gasteiger partial charge in [-0.2, -0.15) is 0 Å². The van der Waals surface area contributed by atoms with Crippen molar-refractivity contribution in [1.29, 1.82) is 0 Å². The minimum absolute atomic E-state index is 0.0286. The van der Waals surface area contributed by atoms with E-state index in [1.807, 2.05) is 60.8 Å². The van der Waals surface area contributed by atoms with E-state index >= 15 is 0 Å². The maximum atomic E-state index is 12.7. The molecule has 0 fully saturated rings. The molecule has 4 rings (SSSR count). The second-order valence-electron chi connectivity index (χ2n) is 8.21. The van der Waals surface area contributed by atoms with Crippen molar-refractivity contribution in [3.05, 3.63) is 96.2 Å². The van der Waals surface area contributed by atoms with E-state index in [1.165, 1.54) is 0 Å². The van der Waals surface area contributed by atoms with E-state index in [-0.39, 0.29) is 5.91 Å². The van der Waals surface area contributed by atoms with Crippen molar-refractivity contribution in [3.63, 3.8) is 0 Å². The molecule has 3 aromatic carbocycles. The zero-order chi connectivity index (χ0) is 22.9. The van der Waals surface area contributed by atoms with Crippen LogP contribution in [0.5, 0.6) is 5.75 Å². The Kier molecular flexibility index (Phi) is 7.70. The van der Waals surface area contributed by atoms with Crippen LogP contribution in [0.15, 0.2) is 85.1 Å². The van der Waals surface area contributed by atoms with Gasteiger partial charge in [-0.3, -0.25) is 9.78 Å². The topological polar surface area (TPSA) is 51.2 Å². The summed E-state index contributed by atoms with van der Waals surface area (Å²) in [7, 11) is 0. The number of nitrogens with one attached hydrogen (secondary N) is 1. The van der Waals surface area contributed by atoms with Crippen LogP contribution in [0.25, 0.3) is 22.0 Å². The molecule has 0 unspecified atom stereocenters. The summed E-state index contributed by atoms with van der Waals surface area (Å²) in [6.07, 6.45) is 5.40. The molecule has 33 heavy (non-hydrogen) atoms. The number of hydrogen-bond acceptors (Lipinski definition) is 3. The molecule has 1 aromatic heterocycles. The highest BCUT2D eigenvalue weighted by molar-refractivity contribution is 5.97. The summed E-state index contributed by atoms with van der Waals surface area (Å²) in [4.78, 5) is 17.3. The number of rotatable bonds is 10. The number of pyridine rings is 1. The second kappa shape index (κ2) is 11.3. The second-order valence-corrected chi connectivity index (χ2v) is 8.21. The number of amides is 1. The van der Waals surface area contributed by atoms with Gasteiger partial charge >= 0.3 is 0 Å². The Morgan fingerprint density at radius 3 is 2.61 bits per heavy atom. The van der Waals surface area contributed by atoms with Gasteiger partial charge in [-0.15, -0.1) is 0 Å². The molecule has 0 aliphatic carbocycles. The highest BCUT2D eigenvalue weighted by Crippen LogP contribution is 2.33. The first-order chi connectivity index (χ1) is 16.2. The predicted molar refractivity (Wildman–Crippen MR) is 134 cm³/mol. The third kappa shape index (κ3) is 5.98. The zero-order valence-electron chi connectivity index (χ0n) is 19.1. The summed E-state index contributed by atoms with van der Waals surface area (Å²) in [5.74, 6) is 0.827. The molecule has 1 heterocycles. The van der Waals surface area contributed by atoms with Crippen LogP contribution in [0.2, 0.25) is 0 Å². The highest BCUT2D eigenvalue weighted by atomic mass is 16.5. The van der Waals surface area contributed by atoms with E-state index in [0.29, 0.717) is 19.6 Å². The van der Waals surface area contributed by atoms with Gasteiger partial charge in [0.05, 0.1) is 11.9 Å². The largest absolute Gasteiger partial charge is 0.489 e. The molecule has 1 N–H and O–H groups in total. The number of unbranched alkanes of at least 4 members (excludes halogenated alkanes) is 2. The Hall–Kier alpha value is -3.66. The number of hydrogen-bond donors (Lipinski definition) is 1. The number of ether oxygens (including phenoxy) is 1. The van der Waals surface area contributed by atoms with Crippen molar-refractivity contribution in [2.24, 2.45) is 0 Å². The Labute approximate surface area is 195 Å². The van der Waals surface area contributed by atoms with E-state index < -0.39 is 0 Å². The van der Waals surface area contributed by atoms with Gasteiger partial charge in [0.2, 0.25) is 5.91 Å². The SMILES string of the molecule is CCCCCNC(=O)Cc1cnc2ccccc2c1-c1cccc(OCc2ccccc2)c1. The number of nitrogens with zero attached hydrogens (tertiary/aromatic N) is 1. The lowest BCUT2D eigenvalue weighted by Crippen LogP contribution is -2.26. The van der Waals surface area contributed by atoms with Crippen LogP contribution in [-0.2, 0) is 17.8 Å². The molecule has 0 radical (unpaired) electrons. The Bertz CT molecular complexity index is 1200. The van der Waals surface area contributed by atoms with Crippen LogP contribution in [0.3, 0.4) is 0 Å². The zero-order valence-corrected chi connectivity index (χ0v) is 19.1. The van der Waals surface area contributed by atoms with Gasteiger partial charge in [-0.1, -0.05) is 80.4 Å². The molecule has 1 amide bonds. The first kappa shape index (κ1) is 22.5. The number of carbonyl (C=O) groups excluding carboxylic acids is 1. The number of benzene rings is 3. The summed E-state index contributed by atoms with van der Waals surface area (Å²) in [6, 6.07) is 26.3. The first-order valence-corrected chi connectivity index (χ1v) is 11.6. The normalized spacial score (nSPS) is 10.8. The van der Waals surface area contributed by atoms with Crippen LogP contribution in [-0.4, -0.2) is 17.4 Å². The first-order valence-electron chi connectivity index (χ1n) is 11.6. The van der Waals surface area contributed by atoms with Gasteiger partial charge in [-0.05, 0) is 46.9 Å². The number of para-hydroxylation sites is 1. The maximum absolute atomic E-state index is 12.7. The molecule has 4 heteroatoms. The van der Waals surface area contributed by atoms with Crippen molar-refractivity contribution in [3.8, 4) is 16.9 Å². The average Bonchev–Trinajstić information content (AvgIpc) is 2.86. The van der Waals surface area contributed by atoms with E-state index in [1.54, 1.807) is 0 Å². The number of carbonyl (C=O) groups is 1. The average molecular weight is 439 g/mol. The van der Waals surface area contributed by atoms with Crippen LogP contribution in [0, 0.1) is 0 Å². The fourth-order valence-electron chi connectivity index (χ4n) is 3.98. The minimum atomic E-state index is 0.0286. The minimum Gasteiger partial charge on any atom is -0.489 e. The Morgan fingerprint density at radius 2 is 1.76 bits per heavy atom.